The van der Waals surface area contributed by atoms with Crippen molar-refractivity contribution in [3.8, 4) is 0 Å². The van der Waals surface area contributed by atoms with E-state index < -0.39 is 0 Å². The number of para-hydroxylation sites is 1. The summed E-state index contributed by atoms with van der Waals surface area (Å²) in [5, 5.41) is 1.30. The van der Waals surface area contributed by atoms with Gasteiger partial charge in [-0.3, -0.25) is 0 Å². The van der Waals surface area contributed by atoms with Crippen molar-refractivity contribution in [2.45, 2.75) is 53.9 Å². The minimum Gasteiger partial charge on any atom is -0.241 e. The van der Waals surface area contributed by atoms with Crippen LogP contribution in [0.3, 0.4) is 0 Å². The van der Waals surface area contributed by atoms with Crippen molar-refractivity contribution in [2.75, 3.05) is 0 Å². The summed E-state index contributed by atoms with van der Waals surface area (Å²) in [6.07, 6.45) is 1.18. The zero-order valence-corrected chi connectivity index (χ0v) is 13.8. The standard InChI is InChI=1S/C17H25NS/c1-16(2,3)11-12(17(4,5)6)15-18-13-9-7-8-10-14(13)19-15/h7-10,12H,11H2,1-6H3. The van der Waals surface area contributed by atoms with Crippen molar-refractivity contribution in [2.24, 2.45) is 10.8 Å². The molecule has 0 aliphatic heterocycles. The molecule has 1 heterocycles. The minimum atomic E-state index is 0.251. The van der Waals surface area contributed by atoms with E-state index >= 15 is 0 Å². The molecule has 0 N–H and O–H groups in total. The zero-order chi connectivity index (χ0) is 14.3. The normalized spacial score (nSPS) is 14.8. The summed E-state index contributed by atoms with van der Waals surface area (Å²) in [5.41, 5.74) is 1.72. The SMILES string of the molecule is CC(C)(C)CC(c1nc2ccccc2s1)C(C)(C)C. The molecule has 19 heavy (non-hydrogen) atoms. The quantitative estimate of drug-likeness (QED) is 0.668. The van der Waals surface area contributed by atoms with Crippen molar-refractivity contribution in [3.63, 3.8) is 0 Å². The molecule has 0 aliphatic carbocycles. The molecule has 0 saturated heterocycles. The molecule has 2 aromatic rings. The van der Waals surface area contributed by atoms with Gasteiger partial charge in [-0.1, -0.05) is 53.7 Å². The molecule has 0 spiro atoms. The Kier molecular flexibility index (Phi) is 3.74. The predicted molar refractivity (Wildman–Crippen MR) is 85.9 cm³/mol. The maximum absolute atomic E-state index is 4.88. The van der Waals surface area contributed by atoms with Gasteiger partial charge in [-0.2, -0.15) is 0 Å². The van der Waals surface area contributed by atoms with Crippen molar-refractivity contribution < 1.29 is 0 Å². The van der Waals surface area contributed by atoms with Crippen LogP contribution in [-0.2, 0) is 0 Å². The highest BCUT2D eigenvalue weighted by atomic mass is 32.1. The molecule has 0 bridgehead atoms. The highest BCUT2D eigenvalue weighted by Crippen LogP contribution is 2.45. The van der Waals surface area contributed by atoms with Crippen LogP contribution in [0.25, 0.3) is 10.2 Å². The van der Waals surface area contributed by atoms with Crippen molar-refractivity contribution in [1.82, 2.24) is 4.98 Å². The van der Waals surface area contributed by atoms with E-state index in [2.05, 4.69) is 65.8 Å². The van der Waals surface area contributed by atoms with Gasteiger partial charge in [0.1, 0.15) is 0 Å². The monoisotopic (exact) mass is 275 g/mol. The zero-order valence-electron chi connectivity index (χ0n) is 12.9. The van der Waals surface area contributed by atoms with Crippen LogP contribution in [0.15, 0.2) is 24.3 Å². The number of aromatic nitrogens is 1. The maximum Gasteiger partial charge on any atom is 0.0974 e. The summed E-state index contributed by atoms with van der Waals surface area (Å²) < 4.78 is 1.31. The first-order valence-corrected chi connectivity index (χ1v) is 7.84. The van der Waals surface area contributed by atoms with Gasteiger partial charge in [-0.25, -0.2) is 4.98 Å². The summed E-state index contributed by atoms with van der Waals surface area (Å²) in [7, 11) is 0. The van der Waals surface area contributed by atoms with Gasteiger partial charge in [0.15, 0.2) is 0 Å². The number of nitrogens with zero attached hydrogens (tertiary/aromatic N) is 1. The number of fused-ring (bicyclic) bond motifs is 1. The summed E-state index contributed by atoms with van der Waals surface area (Å²) in [6.45, 7) is 13.9. The molecule has 0 saturated carbocycles. The van der Waals surface area contributed by atoms with Crippen LogP contribution in [-0.4, -0.2) is 4.98 Å². The molecule has 0 aliphatic rings. The third-order valence-electron chi connectivity index (χ3n) is 3.47. The number of thiazole rings is 1. The van der Waals surface area contributed by atoms with Crippen molar-refractivity contribution >= 4 is 21.6 Å². The second-order valence-electron chi connectivity index (χ2n) is 7.70. The van der Waals surface area contributed by atoms with Crippen LogP contribution in [0.4, 0.5) is 0 Å². The van der Waals surface area contributed by atoms with E-state index in [1.807, 2.05) is 11.3 Å². The van der Waals surface area contributed by atoms with Gasteiger partial charge >= 0.3 is 0 Å². The first-order chi connectivity index (χ1) is 8.67. The molecule has 0 fully saturated rings. The highest BCUT2D eigenvalue weighted by molar-refractivity contribution is 7.18. The van der Waals surface area contributed by atoms with E-state index in [0.717, 1.165) is 5.52 Å². The first kappa shape index (κ1) is 14.5. The van der Waals surface area contributed by atoms with E-state index in [0.29, 0.717) is 11.3 Å². The number of rotatable bonds is 2. The molecule has 0 radical (unpaired) electrons. The third kappa shape index (κ3) is 3.56. The molecule has 2 rings (SSSR count). The van der Waals surface area contributed by atoms with E-state index in [1.54, 1.807) is 0 Å². The Morgan fingerprint density at radius 3 is 2.21 bits per heavy atom. The first-order valence-electron chi connectivity index (χ1n) is 7.02. The lowest BCUT2D eigenvalue weighted by molar-refractivity contribution is 0.229. The van der Waals surface area contributed by atoms with Gasteiger partial charge < -0.3 is 0 Å². The van der Waals surface area contributed by atoms with Gasteiger partial charge in [0.2, 0.25) is 0 Å². The van der Waals surface area contributed by atoms with Crippen LogP contribution in [0, 0.1) is 10.8 Å². The molecule has 1 unspecified atom stereocenters. The largest absolute Gasteiger partial charge is 0.241 e. The molecule has 1 aromatic heterocycles. The van der Waals surface area contributed by atoms with E-state index in [9.17, 15) is 0 Å². The van der Waals surface area contributed by atoms with Crippen LogP contribution < -0.4 is 0 Å². The predicted octanol–water partition coefficient (Wildman–Crippen LogP) is 5.86. The van der Waals surface area contributed by atoms with Gasteiger partial charge in [0.05, 0.1) is 15.2 Å². The Morgan fingerprint density at radius 2 is 1.68 bits per heavy atom. The molecule has 1 aromatic carbocycles. The van der Waals surface area contributed by atoms with Crippen LogP contribution in [0.5, 0.6) is 0 Å². The molecule has 1 atom stereocenters. The lowest BCUT2D eigenvalue weighted by Gasteiger charge is -2.34. The highest BCUT2D eigenvalue weighted by Gasteiger charge is 2.32. The summed E-state index contributed by atoms with van der Waals surface area (Å²) in [6, 6.07) is 8.46. The Hall–Kier alpha value is -0.890. The Labute approximate surface area is 121 Å². The van der Waals surface area contributed by atoms with E-state index in [-0.39, 0.29) is 5.41 Å². The second-order valence-corrected chi connectivity index (χ2v) is 8.77. The van der Waals surface area contributed by atoms with Gasteiger partial charge in [-0.15, -0.1) is 11.3 Å². The lowest BCUT2D eigenvalue weighted by atomic mass is 9.72. The van der Waals surface area contributed by atoms with Crippen molar-refractivity contribution in [3.05, 3.63) is 29.3 Å². The fraction of sp³-hybridized carbons (Fsp3) is 0.588. The average molecular weight is 275 g/mol. The summed E-state index contributed by atoms with van der Waals surface area (Å²) in [4.78, 5) is 4.88. The average Bonchev–Trinajstić information content (AvgIpc) is 2.66. The fourth-order valence-electron chi connectivity index (χ4n) is 2.42. The molecule has 1 nitrogen and oxygen atoms in total. The Bertz CT molecular complexity index is 521. The van der Waals surface area contributed by atoms with E-state index in [4.69, 9.17) is 4.98 Å². The fourth-order valence-corrected chi connectivity index (χ4v) is 3.73. The van der Waals surface area contributed by atoms with E-state index in [1.165, 1.54) is 16.1 Å². The lowest BCUT2D eigenvalue weighted by Crippen LogP contribution is -2.23. The number of hydrogen-bond donors (Lipinski definition) is 0. The van der Waals surface area contributed by atoms with Gasteiger partial charge in [0, 0.05) is 5.92 Å². The Morgan fingerprint density at radius 1 is 1.05 bits per heavy atom. The third-order valence-corrected chi connectivity index (χ3v) is 4.62. The molecule has 0 amide bonds. The Balaban J connectivity index is 2.43. The number of benzene rings is 1. The maximum atomic E-state index is 4.88. The number of hydrogen-bond acceptors (Lipinski definition) is 2. The van der Waals surface area contributed by atoms with Gasteiger partial charge in [0.25, 0.3) is 0 Å². The van der Waals surface area contributed by atoms with Crippen LogP contribution in [0.2, 0.25) is 0 Å². The molecular formula is C17H25NS. The molecule has 2 heteroatoms. The minimum absolute atomic E-state index is 0.251. The summed E-state index contributed by atoms with van der Waals surface area (Å²) >= 11 is 1.86. The van der Waals surface area contributed by atoms with Gasteiger partial charge in [-0.05, 0) is 29.4 Å². The second kappa shape index (κ2) is 4.90. The molecular weight excluding hydrogens is 250 g/mol. The molecule has 104 valence electrons. The van der Waals surface area contributed by atoms with Crippen LogP contribution in [0.1, 0.15) is 58.9 Å². The summed E-state index contributed by atoms with van der Waals surface area (Å²) in [5.74, 6) is 0.518. The topological polar surface area (TPSA) is 12.9 Å². The van der Waals surface area contributed by atoms with Crippen molar-refractivity contribution in [1.29, 1.82) is 0 Å². The smallest absolute Gasteiger partial charge is 0.0974 e. The van der Waals surface area contributed by atoms with Crippen LogP contribution >= 0.6 is 11.3 Å².